The second-order valence-corrected chi connectivity index (χ2v) is 5.34. The fraction of sp³-hybridized carbons (Fsp3) is 0.467. The summed E-state index contributed by atoms with van der Waals surface area (Å²) in [4.78, 5) is 22.4. The number of carboxylic acids is 1. The Morgan fingerprint density at radius 3 is 2.67 bits per heavy atom. The number of carboxylic acid groups (broad SMARTS) is 1. The van der Waals surface area contributed by atoms with Crippen molar-refractivity contribution in [3.8, 4) is 5.75 Å². The molecule has 0 unspecified atom stereocenters. The highest BCUT2D eigenvalue weighted by atomic mass is 16.5. The Kier molecular flexibility index (Phi) is 4.67. The highest BCUT2D eigenvalue weighted by Crippen LogP contribution is 2.47. The molecule has 0 aromatic heterocycles. The topological polar surface area (TPSA) is 87.7 Å². The summed E-state index contributed by atoms with van der Waals surface area (Å²) in [6.45, 7) is 2.34. The van der Waals surface area contributed by atoms with Crippen LogP contribution in [0.1, 0.15) is 26.2 Å². The van der Waals surface area contributed by atoms with Gasteiger partial charge in [-0.25, -0.2) is 9.59 Å². The van der Waals surface area contributed by atoms with Crippen molar-refractivity contribution in [2.75, 3.05) is 18.5 Å². The van der Waals surface area contributed by atoms with Gasteiger partial charge in [0.05, 0.1) is 5.69 Å². The van der Waals surface area contributed by atoms with Gasteiger partial charge in [-0.05, 0) is 36.8 Å². The summed E-state index contributed by atoms with van der Waals surface area (Å²) in [6.07, 6.45) is 3.37. The summed E-state index contributed by atoms with van der Waals surface area (Å²) in [5.41, 5.74) is 0.731. The van der Waals surface area contributed by atoms with E-state index in [9.17, 15) is 9.59 Å². The molecule has 6 nitrogen and oxygen atoms in total. The number of ether oxygens (including phenoxy) is 1. The number of aliphatic carboxylic acids is 1. The third-order valence-electron chi connectivity index (χ3n) is 3.82. The largest absolute Gasteiger partial charge is 0.480 e. The van der Waals surface area contributed by atoms with Gasteiger partial charge in [-0.15, -0.1) is 0 Å². The average Bonchev–Trinajstić information content (AvgIpc) is 3.25. The van der Waals surface area contributed by atoms with Crippen molar-refractivity contribution in [3.05, 3.63) is 24.3 Å². The van der Waals surface area contributed by atoms with Crippen molar-refractivity contribution in [2.45, 2.75) is 26.2 Å². The van der Waals surface area contributed by atoms with E-state index in [2.05, 4.69) is 17.6 Å². The molecule has 1 aliphatic rings. The second-order valence-electron chi connectivity index (χ2n) is 5.34. The molecule has 114 valence electrons. The van der Waals surface area contributed by atoms with Gasteiger partial charge in [-0.2, -0.15) is 0 Å². The Hall–Kier alpha value is -2.24. The lowest BCUT2D eigenvalue weighted by molar-refractivity contribution is -0.139. The zero-order valence-corrected chi connectivity index (χ0v) is 12.0. The monoisotopic (exact) mass is 292 g/mol. The van der Waals surface area contributed by atoms with Crippen LogP contribution in [0.25, 0.3) is 0 Å². The Morgan fingerprint density at radius 2 is 2.05 bits per heavy atom. The van der Waals surface area contributed by atoms with Crippen LogP contribution in [0, 0.1) is 5.41 Å². The SMILES string of the molecule is CCC1(CNC(=O)Nc2ccccc2OCC(=O)O)CC1. The Bertz CT molecular complexity index is 526. The second kappa shape index (κ2) is 6.47. The smallest absolute Gasteiger partial charge is 0.341 e. The Balaban J connectivity index is 1.89. The molecule has 0 saturated heterocycles. The lowest BCUT2D eigenvalue weighted by Crippen LogP contribution is -2.33. The predicted octanol–water partition coefficient (Wildman–Crippen LogP) is 2.46. The van der Waals surface area contributed by atoms with Crippen molar-refractivity contribution in [2.24, 2.45) is 5.41 Å². The molecule has 21 heavy (non-hydrogen) atoms. The highest BCUT2D eigenvalue weighted by molar-refractivity contribution is 5.91. The summed E-state index contributed by atoms with van der Waals surface area (Å²) in [7, 11) is 0. The maximum absolute atomic E-state index is 11.9. The van der Waals surface area contributed by atoms with Gasteiger partial charge in [0.2, 0.25) is 0 Å². The molecule has 2 amide bonds. The predicted molar refractivity (Wildman–Crippen MR) is 78.6 cm³/mol. The van der Waals surface area contributed by atoms with Crippen LogP contribution in [0.4, 0.5) is 10.5 Å². The minimum absolute atomic E-state index is 0.274. The summed E-state index contributed by atoms with van der Waals surface area (Å²) in [5, 5.41) is 14.2. The molecule has 1 aromatic carbocycles. The number of nitrogens with one attached hydrogen (secondary N) is 2. The van der Waals surface area contributed by atoms with E-state index in [4.69, 9.17) is 9.84 Å². The number of amides is 2. The number of anilines is 1. The van der Waals surface area contributed by atoms with E-state index in [1.165, 1.54) is 0 Å². The molecule has 0 spiro atoms. The number of carbonyl (C=O) groups excluding carboxylic acids is 1. The normalized spacial score (nSPS) is 15.1. The zero-order valence-electron chi connectivity index (χ0n) is 12.0. The number of carbonyl (C=O) groups is 2. The number of urea groups is 1. The van der Waals surface area contributed by atoms with Gasteiger partial charge in [0.15, 0.2) is 6.61 Å². The molecule has 3 N–H and O–H groups in total. The van der Waals surface area contributed by atoms with Crippen LogP contribution < -0.4 is 15.4 Å². The van der Waals surface area contributed by atoms with Crippen LogP contribution in [0.2, 0.25) is 0 Å². The number of hydrogen-bond acceptors (Lipinski definition) is 3. The number of rotatable bonds is 7. The summed E-state index contributed by atoms with van der Waals surface area (Å²) in [6, 6.07) is 6.45. The van der Waals surface area contributed by atoms with E-state index >= 15 is 0 Å². The first kappa shape index (κ1) is 15.2. The van der Waals surface area contributed by atoms with Crippen molar-refractivity contribution < 1.29 is 19.4 Å². The molecule has 1 fully saturated rings. The summed E-state index contributed by atoms with van der Waals surface area (Å²) in [5.74, 6) is -0.723. The van der Waals surface area contributed by atoms with E-state index in [1.807, 2.05) is 0 Å². The molecular weight excluding hydrogens is 272 g/mol. The molecule has 1 aliphatic carbocycles. The molecule has 0 atom stereocenters. The molecule has 0 heterocycles. The van der Waals surface area contributed by atoms with E-state index in [0.717, 1.165) is 19.3 Å². The molecule has 0 radical (unpaired) electrons. The molecule has 2 rings (SSSR count). The summed E-state index contributed by atoms with van der Waals surface area (Å²) >= 11 is 0. The molecule has 0 aliphatic heterocycles. The maximum atomic E-state index is 11.9. The van der Waals surface area contributed by atoms with E-state index in [1.54, 1.807) is 24.3 Å². The van der Waals surface area contributed by atoms with Crippen LogP contribution in [0.3, 0.4) is 0 Å². The fourth-order valence-electron chi connectivity index (χ4n) is 2.10. The third-order valence-corrected chi connectivity index (χ3v) is 3.82. The average molecular weight is 292 g/mol. The highest BCUT2D eigenvalue weighted by Gasteiger charge is 2.40. The van der Waals surface area contributed by atoms with Crippen LogP contribution in [-0.2, 0) is 4.79 Å². The Morgan fingerprint density at radius 1 is 1.33 bits per heavy atom. The summed E-state index contributed by atoms with van der Waals surface area (Å²) < 4.78 is 5.14. The van der Waals surface area contributed by atoms with Crippen molar-refractivity contribution in [3.63, 3.8) is 0 Å². The first-order chi connectivity index (χ1) is 10.0. The minimum atomic E-state index is -1.06. The standard InChI is InChI=1S/C15H20N2O4/c1-2-15(7-8-15)10-16-14(20)17-11-5-3-4-6-12(11)21-9-13(18)19/h3-6H,2,7-10H2,1H3,(H,18,19)(H2,16,17,20). The van der Waals surface area contributed by atoms with Crippen LogP contribution in [0.15, 0.2) is 24.3 Å². The van der Waals surface area contributed by atoms with E-state index < -0.39 is 12.6 Å². The van der Waals surface area contributed by atoms with Crippen molar-refractivity contribution >= 4 is 17.7 Å². The van der Waals surface area contributed by atoms with E-state index in [-0.39, 0.29) is 11.4 Å². The first-order valence-electron chi connectivity index (χ1n) is 7.03. The van der Waals surface area contributed by atoms with Gasteiger partial charge in [-0.3, -0.25) is 0 Å². The van der Waals surface area contributed by atoms with Gasteiger partial charge in [-0.1, -0.05) is 19.1 Å². The molecule has 1 aromatic rings. The third kappa shape index (κ3) is 4.37. The lowest BCUT2D eigenvalue weighted by Gasteiger charge is -2.15. The molecule has 0 bridgehead atoms. The zero-order chi connectivity index (χ0) is 15.3. The Labute approximate surface area is 123 Å². The van der Waals surface area contributed by atoms with Gasteiger partial charge in [0.1, 0.15) is 5.75 Å². The number of hydrogen-bond donors (Lipinski definition) is 3. The number of benzene rings is 1. The minimum Gasteiger partial charge on any atom is -0.480 e. The molecular formula is C15H20N2O4. The molecule has 6 heteroatoms. The first-order valence-corrected chi connectivity index (χ1v) is 7.03. The van der Waals surface area contributed by atoms with Crippen LogP contribution in [0.5, 0.6) is 5.75 Å². The fourth-order valence-corrected chi connectivity index (χ4v) is 2.10. The van der Waals surface area contributed by atoms with Gasteiger partial charge in [0.25, 0.3) is 0 Å². The van der Waals surface area contributed by atoms with Gasteiger partial charge >= 0.3 is 12.0 Å². The molecule has 1 saturated carbocycles. The van der Waals surface area contributed by atoms with Gasteiger partial charge < -0.3 is 20.5 Å². The maximum Gasteiger partial charge on any atom is 0.341 e. The van der Waals surface area contributed by atoms with Crippen LogP contribution in [-0.4, -0.2) is 30.3 Å². The van der Waals surface area contributed by atoms with Gasteiger partial charge in [0, 0.05) is 6.54 Å². The van der Waals surface area contributed by atoms with Crippen molar-refractivity contribution in [1.29, 1.82) is 0 Å². The van der Waals surface area contributed by atoms with Crippen LogP contribution >= 0.6 is 0 Å². The quantitative estimate of drug-likeness (QED) is 0.720. The lowest BCUT2D eigenvalue weighted by atomic mass is 10.0. The van der Waals surface area contributed by atoms with E-state index in [0.29, 0.717) is 18.0 Å². The van der Waals surface area contributed by atoms with Crippen molar-refractivity contribution in [1.82, 2.24) is 5.32 Å². The number of para-hydroxylation sites is 2.